The highest BCUT2D eigenvalue weighted by atomic mass is 14.1. The number of hydrogen-bond donors (Lipinski definition) is 0. The van der Waals surface area contributed by atoms with Gasteiger partial charge in [-0.15, -0.1) is 0 Å². The van der Waals surface area contributed by atoms with Crippen molar-refractivity contribution in [3.63, 3.8) is 0 Å². The van der Waals surface area contributed by atoms with Crippen LogP contribution in [0, 0.1) is 0 Å². The summed E-state index contributed by atoms with van der Waals surface area (Å²) in [5.74, 6) is 0. The van der Waals surface area contributed by atoms with E-state index in [1.807, 2.05) is 18.2 Å². The van der Waals surface area contributed by atoms with E-state index in [1.54, 1.807) is 6.08 Å². The van der Waals surface area contributed by atoms with Gasteiger partial charge in [0.1, 0.15) is 7.85 Å². The van der Waals surface area contributed by atoms with Crippen LogP contribution in [-0.2, 0) is 0 Å². The Kier molecular flexibility index (Phi) is 4.42. The summed E-state index contributed by atoms with van der Waals surface area (Å²) >= 11 is 0. The van der Waals surface area contributed by atoms with Crippen LogP contribution in [0.15, 0.2) is 49.1 Å². The highest BCUT2D eigenvalue weighted by Crippen LogP contribution is 2.30. The molecule has 0 saturated heterocycles. The van der Waals surface area contributed by atoms with Crippen LogP contribution in [0.4, 0.5) is 0 Å². The van der Waals surface area contributed by atoms with Gasteiger partial charge in [0.2, 0.25) is 0 Å². The average Bonchev–Trinajstić information content (AvgIpc) is 1.95. The van der Waals surface area contributed by atoms with Gasteiger partial charge in [-0.2, -0.15) is 0 Å². The lowest BCUT2D eigenvalue weighted by Gasteiger charge is -2.19. The summed E-state index contributed by atoms with van der Waals surface area (Å²) in [4.78, 5) is 0. The molecule has 0 bridgehead atoms. The molecule has 0 aliphatic heterocycles. The zero-order chi connectivity index (χ0) is 9.61. The largest absolute Gasteiger partial charge is 0.114 e. The zero-order valence-corrected chi connectivity index (χ0v) is 8.30. The second-order valence-electron chi connectivity index (χ2n) is 3.70. The second kappa shape index (κ2) is 4.81. The summed E-state index contributed by atoms with van der Waals surface area (Å²) in [5.41, 5.74) is 1.24. The maximum absolute atomic E-state index is 3.78. The lowest BCUT2D eigenvalue weighted by molar-refractivity contribution is 0.821. The van der Waals surface area contributed by atoms with Crippen LogP contribution in [-0.4, -0.2) is 7.85 Å². The minimum atomic E-state index is 0.174. The zero-order valence-electron chi connectivity index (χ0n) is 8.30. The van der Waals surface area contributed by atoms with Gasteiger partial charge in [-0.25, -0.2) is 0 Å². The van der Waals surface area contributed by atoms with Gasteiger partial charge in [0.15, 0.2) is 0 Å². The summed E-state index contributed by atoms with van der Waals surface area (Å²) in [6.07, 6.45) is 9.62. The van der Waals surface area contributed by atoms with Crippen molar-refractivity contribution < 1.29 is 0 Å². The molecule has 64 valence electrons. The van der Waals surface area contributed by atoms with E-state index < -0.39 is 0 Å². The molecule has 0 atom stereocenters. The number of allylic oxidation sites excluding steroid dienone is 6. The SMILES string of the molecule is BC(C)(C)/C(C=C)=C/C=C\C=C. The fourth-order valence-electron chi connectivity index (χ4n) is 0.862. The van der Waals surface area contributed by atoms with Crippen molar-refractivity contribution in [2.45, 2.75) is 19.2 Å². The van der Waals surface area contributed by atoms with Crippen molar-refractivity contribution in [2.75, 3.05) is 0 Å². The van der Waals surface area contributed by atoms with E-state index in [4.69, 9.17) is 0 Å². The van der Waals surface area contributed by atoms with E-state index in [2.05, 4.69) is 40.9 Å². The normalized spacial score (nSPS) is 13.3. The molecule has 12 heavy (non-hydrogen) atoms. The average molecular weight is 160 g/mol. The number of hydrogen-bond acceptors (Lipinski definition) is 0. The fraction of sp³-hybridized carbons (Fsp3) is 0.273. The van der Waals surface area contributed by atoms with Crippen molar-refractivity contribution in [3.8, 4) is 0 Å². The van der Waals surface area contributed by atoms with Gasteiger partial charge in [0, 0.05) is 0 Å². The molecule has 0 rings (SSSR count). The standard InChI is InChI=1S/C11H17B/c1-5-7-8-9-10(6-2)11(3,4)12/h5-9H,1-2,12H2,3-4H3/b8-7-,10-9+. The summed E-state index contributed by atoms with van der Waals surface area (Å²) in [7, 11) is 2.17. The molecule has 0 aliphatic carbocycles. The first-order chi connectivity index (χ1) is 5.52. The Balaban J connectivity index is 4.55. The summed E-state index contributed by atoms with van der Waals surface area (Å²) < 4.78 is 0. The van der Waals surface area contributed by atoms with Crippen LogP contribution in [0.3, 0.4) is 0 Å². The maximum Gasteiger partial charge on any atom is 0.114 e. The summed E-state index contributed by atoms with van der Waals surface area (Å²) in [5, 5.41) is 0.174. The van der Waals surface area contributed by atoms with Gasteiger partial charge in [-0.05, 0) is 5.31 Å². The van der Waals surface area contributed by atoms with E-state index >= 15 is 0 Å². The molecule has 0 fully saturated rings. The third-order valence-electron chi connectivity index (χ3n) is 1.61. The van der Waals surface area contributed by atoms with E-state index in [9.17, 15) is 0 Å². The third kappa shape index (κ3) is 4.02. The Bertz CT molecular complexity index is 214. The molecule has 0 aromatic rings. The minimum Gasteiger partial charge on any atom is -0.0991 e. The lowest BCUT2D eigenvalue weighted by Crippen LogP contribution is -2.03. The number of rotatable bonds is 4. The Labute approximate surface area is 76.8 Å². The van der Waals surface area contributed by atoms with Crippen LogP contribution in [0.1, 0.15) is 13.8 Å². The molecule has 0 aliphatic rings. The van der Waals surface area contributed by atoms with Crippen LogP contribution < -0.4 is 0 Å². The Morgan fingerprint density at radius 1 is 1.25 bits per heavy atom. The molecule has 0 radical (unpaired) electrons. The van der Waals surface area contributed by atoms with Crippen molar-refractivity contribution in [2.24, 2.45) is 0 Å². The molecule has 0 heterocycles. The van der Waals surface area contributed by atoms with Crippen LogP contribution in [0.25, 0.3) is 0 Å². The Morgan fingerprint density at radius 2 is 1.83 bits per heavy atom. The van der Waals surface area contributed by atoms with Crippen molar-refractivity contribution in [1.82, 2.24) is 0 Å². The molecule has 0 aromatic carbocycles. The molecule has 0 saturated carbocycles. The molecule has 0 unspecified atom stereocenters. The predicted molar refractivity (Wildman–Crippen MR) is 60.2 cm³/mol. The van der Waals surface area contributed by atoms with Crippen molar-refractivity contribution in [3.05, 3.63) is 49.1 Å². The first-order valence-corrected chi connectivity index (χ1v) is 4.14. The van der Waals surface area contributed by atoms with Crippen LogP contribution in [0.2, 0.25) is 5.31 Å². The van der Waals surface area contributed by atoms with Crippen LogP contribution >= 0.6 is 0 Å². The molecule has 0 N–H and O–H groups in total. The van der Waals surface area contributed by atoms with Crippen molar-refractivity contribution in [1.29, 1.82) is 0 Å². The lowest BCUT2D eigenvalue weighted by atomic mass is 9.67. The Morgan fingerprint density at radius 3 is 2.17 bits per heavy atom. The minimum absolute atomic E-state index is 0.174. The second-order valence-corrected chi connectivity index (χ2v) is 3.70. The first-order valence-electron chi connectivity index (χ1n) is 4.14. The smallest absolute Gasteiger partial charge is 0.0991 e. The molecule has 0 aromatic heterocycles. The first kappa shape index (κ1) is 11.0. The van der Waals surface area contributed by atoms with Gasteiger partial charge < -0.3 is 0 Å². The maximum atomic E-state index is 3.78. The molecule has 0 amide bonds. The van der Waals surface area contributed by atoms with Gasteiger partial charge in [0.25, 0.3) is 0 Å². The van der Waals surface area contributed by atoms with Gasteiger partial charge >= 0.3 is 0 Å². The van der Waals surface area contributed by atoms with Gasteiger partial charge in [0.05, 0.1) is 0 Å². The summed E-state index contributed by atoms with van der Waals surface area (Å²) in [6, 6.07) is 0. The van der Waals surface area contributed by atoms with Crippen LogP contribution in [0.5, 0.6) is 0 Å². The topological polar surface area (TPSA) is 0 Å². The van der Waals surface area contributed by atoms with E-state index in [-0.39, 0.29) is 5.31 Å². The monoisotopic (exact) mass is 160 g/mol. The molecular formula is C11H17B. The van der Waals surface area contributed by atoms with E-state index in [1.165, 1.54) is 5.57 Å². The van der Waals surface area contributed by atoms with E-state index in [0.29, 0.717) is 0 Å². The Hall–Kier alpha value is -0.975. The highest BCUT2D eigenvalue weighted by Gasteiger charge is 2.12. The highest BCUT2D eigenvalue weighted by molar-refractivity contribution is 6.17. The molecule has 0 spiro atoms. The molecular weight excluding hydrogens is 143 g/mol. The molecule has 1 heteroatoms. The summed E-state index contributed by atoms with van der Waals surface area (Å²) in [6.45, 7) is 11.7. The van der Waals surface area contributed by atoms with E-state index in [0.717, 1.165) is 0 Å². The van der Waals surface area contributed by atoms with Gasteiger partial charge in [-0.1, -0.05) is 63.0 Å². The predicted octanol–water partition coefficient (Wildman–Crippen LogP) is 2.67. The quantitative estimate of drug-likeness (QED) is 0.438. The fourth-order valence-corrected chi connectivity index (χ4v) is 0.862. The van der Waals surface area contributed by atoms with Crippen molar-refractivity contribution >= 4 is 7.85 Å². The third-order valence-corrected chi connectivity index (χ3v) is 1.61. The van der Waals surface area contributed by atoms with Gasteiger partial charge in [-0.3, -0.25) is 0 Å². The molecule has 0 nitrogen and oxygen atoms in total.